The molecule has 0 rings (SSSR count). The SMILES string of the molecule is CC(C)CC(CC(C)(C)N)N(C)C. The molecule has 0 aliphatic carbocycles. The molecule has 0 amide bonds. The summed E-state index contributed by atoms with van der Waals surface area (Å²) < 4.78 is 0. The van der Waals surface area contributed by atoms with Crippen LogP contribution in [0.25, 0.3) is 0 Å². The van der Waals surface area contributed by atoms with E-state index in [1.807, 2.05) is 0 Å². The van der Waals surface area contributed by atoms with Crippen LogP contribution in [0.15, 0.2) is 0 Å². The van der Waals surface area contributed by atoms with E-state index in [2.05, 4.69) is 46.7 Å². The fourth-order valence-corrected chi connectivity index (χ4v) is 1.63. The first-order valence-corrected chi connectivity index (χ1v) is 5.17. The molecule has 0 heterocycles. The molecular weight excluding hydrogens is 160 g/mol. The summed E-state index contributed by atoms with van der Waals surface area (Å²) in [5.41, 5.74) is 5.97. The van der Waals surface area contributed by atoms with E-state index in [0.717, 1.165) is 12.3 Å². The molecular formula is C11H26N2. The van der Waals surface area contributed by atoms with Gasteiger partial charge in [0.15, 0.2) is 0 Å². The van der Waals surface area contributed by atoms with E-state index in [0.29, 0.717) is 6.04 Å². The Labute approximate surface area is 83.5 Å². The van der Waals surface area contributed by atoms with Crippen LogP contribution in [0.1, 0.15) is 40.5 Å². The molecule has 2 N–H and O–H groups in total. The Kier molecular flexibility index (Phi) is 4.93. The molecule has 1 unspecified atom stereocenters. The van der Waals surface area contributed by atoms with Crippen LogP contribution < -0.4 is 5.73 Å². The van der Waals surface area contributed by atoms with Gasteiger partial charge in [-0.05, 0) is 46.7 Å². The van der Waals surface area contributed by atoms with Gasteiger partial charge in [0.2, 0.25) is 0 Å². The van der Waals surface area contributed by atoms with E-state index >= 15 is 0 Å². The molecule has 13 heavy (non-hydrogen) atoms. The molecule has 0 fully saturated rings. The van der Waals surface area contributed by atoms with Crippen molar-refractivity contribution in [1.82, 2.24) is 4.90 Å². The van der Waals surface area contributed by atoms with Gasteiger partial charge in [-0.25, -0.2) is 0 Å². The van der Waals surface area contributed by atoms with Gasteiger partial charge < -0.3 is 10.6 Å². The maximum atomic E-state index is 6.02. The molecule has 0 bridgehead atoms. The van der Waals surface area contributed by atoms with Crippen molar-refractivity contribution < 1.29 is 0 Å². The first kappa shape index (κ1) is 12.9. The highest BCUT2D eigenvalue weighted by atomic mass is 15.1. The third kappa shape index (κ3) is 7.03. The average Bonchev–Trinajstić information content (AvgIpc) is 1.81. The van der Waals surface area contributed by atoms with Gasteiger partial charge >= 0.3 is 0 Å². The predicted molar refractivity (Wildman–Crippen MR) is 59.8 cm³/mol. The van der Waals surface area contributed by atoms with E-state index in [-0.39, 0.29) is 5.54 Å². The van der Waals surface area contributed by atoms with Crippen LogP contribution in [0.5, 0.6) is 0 Å². The third-order valence-electron chi connectivity index (χ3n) is 2.24. The zero-order chi connectivity index (χ0) is 10.6. The van der Waals surface area contributed by atoms with Crippen molar-refractivity contribution in [1.29, 1.82) is 0 Å². The second-order valence-corrected chi connectivity index (χ2v) is 5.44. The highest BCUT2D eigenvalue weighted by Crippen LogP contribution is 2.18. The molecule has 0 spiro atoms. The molecule has 0 aromatic carbocycles. The Balaban J connectivity index is 4.11. The number of rotatable bonds is 5. The number of nitrogens with two attached hydrogens (primary N) is 1. The van der Waals surface area contributed by atoms with Crippen molar-refractivity contribution in [3.8, 4) is 0 Å². The maximum Gasteiger partial charge on any atom is 0.0112 e. The molecule has 0 aromatic rings. The second kappa shape index (κ2) is 4.97. The summed E-state index contributed by atoms with van der Waals surface area (Å²) >= 11 is 0. The lowest BCUT2D eigenvalue weighted by atomic mass is 9.91. The van der Waals surface area contributed by atoms with Gasteiger partial charge in [-0.2, -0.15) is 0 Å². The number of hydrogen-bond acceptors (Lipinski definition) is 2. The van der Waals surface area contributed by atoms with Gasteiger partial charge in [0, 0.05) is 11.6 Å². The molecule has 0 saturated heterocycles. The summed E-state index contributed by atoms with van der Waals surface area (Å²) in [5.74, 6) is 0.745. The smallest absolute Gasteiger partial charge is 0.0112 e. The number of hydrogen-bond donors (Lipinski definition) is 1. The maximum absolute atomic E-state index is 6.02. The molecule has 1 atom stereocenters. The Bertz CT molecular complexity index is 134. The van der Waals surface area contributed by atoms with E-state index < -0.39 is 0 Å². The van der Waals surface area contributed by atoms with Crippen LogP contribution in [0.4, 0.5) is 0 Å². The predicted octanol–water partition coefficient (Wildman–Crippen LogP) is 2.09. The van der Waals surface area contributed by atoms with Crippen molar-refractivity contribution in [3.63, 3.8) is 0 Å². The first-order chi connectivity index (χ1) is 5.72. The van der Waals surface area contributed by atoms with Crippen LogP contribution in [-0.2, 0) is 0 Å². The summed E-state index contributed by atoms with van der Waals surface area (Å²) in [5, 5.41) is 0. The van der Waals surface area contributed by atoms with Crippen LogP contribution in [-0.4, -0.2) is 30.6 Å². The monoisotopic (exact) mass is 186 g/mol. The molecule has 2 heteroatoms. The minimum Gasteiger partial charge on any atom is -0.326 e. The van der Waals surface area contributed by atoms with Gasteiger partial charge in [0.25, 0.3) is 0 Å². The van der Waals surface area contributed by atoms with Gasteiger partial charge in [-0.3, -0.25) is 0 Å². The zero-order valence-corrected chi connectivity index (χ0v) is 10.1. The molecule has 0 radical (unpaired) electrons. The summed E-state index contributed by atoms with van der Waals surface area (Å²) in [4.78, 5) is 2.29. The quantitative estimate of drug-likeness (QED) is 0.712. The Morgan fingerprint density at radius 3 is 1.92 bits per heavy atom. The summed E-state index contributed by atoms with van der Waals surface area (Å²) in [6.45, 7) is 8.73. The highest BCUT2D eigenvalue weighted by molar-refractivity contribution is 4.81. The minimum atomic E-state index is -0.0518. The highest BCUT2D eigenvalue weighted by Gasteiger charge is 2.21. The van der Waals surface area contributed by atoms with Crippen LogP contribution in [0.2, 0.25) is 0 Å². The van der Waals surface area contributed by atoms with E-state index in [1.165, 1.54) is 6.42 Å². The Morgan fingerprint density at radius 1 is 1.23 bits per heavy atom. The summed E-state index contributed by atoms with van der Waals surface area (Å²) in [6.07, 6.45) is 2.30. The largest absolute Gasteiger partial charge is 0.326 e. The Hall–Kier alpha value is -0.0800. The first-order valence-electron chi connectivity index (χ1n) is 5.17. The molecule has 0 aromatic heterocycles. The Morgan fingerprint density at radius 2 is 1.69 bits per heavy atom. The van der Waals surface area contributed by atoms with Crippen molar-refractivity contribution in [2.45, 2.75) is 52.1 Å². The van der Waals surface area contributed by atoms with E-state index in [9.17, 15) is 0 Å². The summed E-state index contributed by atoms with van der Waals surface area (Å²) in [6, 6.07) is 0.611. The molecule has 0 aliphatic rings. The standard InChI is InChI=1S/C11H26N2/c1-9(2)7-10(13(5)6)8-11(3,4)12/h9-10H,7-8,12H2,1-6H3. The molecule has 0 aliphatic heterocycles. The topological polar surface area (TPSA) is 29.3 Å². The lowest BCUT2D eigenvalue weighted by Gasteiger charge is -2.31. The van der Waals surface area contributed by atoms with E-state index in [1.54, 1.807) is 0 Å². The lowest BCUT2D eigenvalue weighted by Crippen LogP contribution is -2.42. The van der Waals surface area contributed by atoms with Gasteiger partial charge in [-0.1, -0.05) is 13.8 Å². The van der Waals surface area contributed by atoms with Crippen molar-refractivity contribution >= 4 is 0 Å². The van der Waals surface area contributed by atoms with Crippen molar-refractivity contribution in [3.05, 3.63) is 0 Å². The fraction of sp³-hybridized carbons (Fsp3) is 1.00. The molecule has 80 valence electrons. The van der Waals surface area contributed by atoms with Crippen molar-refractivity contribution in [2.75, 3.05) is 14.1 Å². The van der Waals surface area contributed by atoms with Gasteiger partial charge in [0.1, 0.15) is 0 Å². The lowest BCUT2D eigenvalue weighted by molar-refractivity contribution is 0.210. The van der Waals surface area contributed by atoms with Crippen LogP contribution in [0.3, 0.4) is 0 Å². The fourth-order valence-electron chi connectivity index (χ4n) is 1.63. The average molecular weight is 186 g/mol. The van der Waals surface area contributed by atoms with Crippen LogP contribution >= 0.6 is 0 Å². The normalized spacial score (nSPS) is 15.5. The summed E-state index contributed by atoms with van der Waals surface area (Å²) in [7, 11) is 4.28. The number of nitrogens with zero attached hydrogens (tertiary/aromatic N) is 1. The van der Waals surface area contributed by atoms with Crippen LogP contribution in [0, 0.1) is 5.92 Å². The zero-order valence-electron chi connectivity index (χ0n) is 10.1. The minimum absolute atomic E-state index is 0.0518. The van der Waals surface area contributed by atoms with E-state index in [4.69, 9.17) is 5.73 Å². The molecule has 2 nitrogen and oxygen atoms in total. The van der Waals surface area contributed by atoms with Gasteiger partial charge in [-0.15, -0.1) is 0 Å². The molecule has 0 saturated carbocycles. The van der Waals surface area contributed by atoms with Crippen molar-refractivity contribution in [2.24, 2.45) is 11.7 Å². The second-order valence-electron chi connectivity index (χ2n) is 5.44. The third-order valence-corrected chi connectivity index (χ3v) is 2.24. The van der Waals surface area contributed by atoms with Gasteiger partial charge in [0.05, 0.1) is 0 Å².